The van der Waals surface area contributed by atoms with Gasteiger partial charge in [-0.3, -0.25) is 59.0 Å². The van der Waals surface area contributed by atoms with Crippen molar-refractivity contribution in [2.45, 2.75) is 6.42 Å². The molecule has 20 heteroatoms. The molecule has 6 heterocycles. The first-order valence-corrected chi connectivity index (χ1v) is 9.49. The summed E-state index contributed by atoms with van der Waals surface area (Å²) in [6.45, 7) is 0. The molecule has 10 N–H and O–H groups in total. The highest BCUT2D eigenvalue weighted by molar-refractivity contribution is 5.97. The molecule has 0 radical (unpaired) electrons. The van der Waals surface area contributed by atoms with Crippen molar-refractivity contribution in [3.8, 4) is 6.01 Å². The minimum atomic E-state index is -0.775. The number of fused-ring (bicyclic) bond motifs is 3. The average Bonchev–Trinajstić information content (AvgIpc) is 3.44. The molecule has 0 bridgehead atoms. The van der Waals surface area contributed by atoms with E-state index in [-0.39, 0.29) is 41.9 Å². The smallest absolute Gasteiger partial charge is 0.846 e. The molecule has 0 spiro atoms. The molecule has 0 saturated carbocycles. The van der Waals surface area contributed by atoms with E-state index in [1.165, 1.54) is 0 Å². The third-order valence-electron chi connectivity index (χ3n) is 4.43. The van der Waals surface area contributed by atoms with Gasteiger partial charge >= 0.3 is 24.2 Å². The zero-order valence-corrected chi connectivity index (χ0v) is 17.3. The summed E-state index contributed by atoms with van der Waals surface area (Å²) >= 11 is 0. The van der Waals surface area contributed by atoms with Crippen molar-refractivity contribution in [3.05, 3.63) is 78.6 Å². The van der Waals surface area contributed by atoms with E-state index < -0.39 is 45.4 Å². The molecule has 5 aromatic rings. The summed E-state index contributed by atoms with van der Waals surface area (Å²) in [5.41, 5.74) is -3.72. The van der Waals surface area contributed by atoms with Crippen LogP contribution in [0.2, 0.25) is 0 Å². The van der Waals surface area contributed by atoms with Gasteiger partial charge in [-0.15, -0.1) is 0 Å². The van der Waals surface area contributed by atoms with Crippen LogP contribution in [0.25, 0.3) is 22.3 Å². The number of imidazole rings is 2. The Morgan fingerprint density at radius 3 is 1.89 bits per heavy atom. The van der Waals surface area contributed by atoms with Crippen LogP contribution >= 0.6 is 0 Å². The average molecular weight is 503 g/mol. The predicted molar refractivity (Wildman–Crippen MR) is 118 cm³/mol. The summed E-state index contributed by atoms with van der Waals surface area (Å²) in [5.74, 6) is -0.0638. The Bertz CT molecular complexity index is 2050. The van der Waals surface area contributed by atoms with Gasteiger partial charge in [-0.1, -0.05) is 0 Å². The maximum atomic E-state index is 11.0. The molecular formula is C16H13N11O9. The van der Waals surface area contributed by atoms with Crippen molar-refractivity contribution < 1.29 is 11.3 Å². The first-order valence-electron chi connectivity index (χ1n) is 9.49. The highest BCUT2D eigenvalue weighted by Gasteiger charge is 2.21. The second-order valence-corrected chi connectivity index (χ2v) is 6.90. The number of H-pyrrole nitrogens is 9. The van der Waals surface area contributed by atoms with Crippen LogP contribution in [-0.4, -0.2) is 55.7 Å². The molecule has 0 unspecified atom stereocenters. The van der Waals surface area contributed by atoms with Gasteiger partial charge < -0.3 is 15.4 Å². The lowest BCUT2D eigenvalue weighted by Gasteiger charge is -1.99. The van der Waals surface area contributed by atoms with E-state index in [9.17, 15) is 43.5 Å². The maximum Gasteiger partial charge on any atom is 1.00 e. The fraction of sp³-hybridized carbons (Fsp3) is 0.0625. The van der Waals surface area contributed by atoms with Crippen LogP contribution in [0.1, 0.15) is 6.99 Å². The summed E-state index contributed by atoms with van der Waals surface area (Å²) in [4.78, 5) is 109. The number of nitrogens with zero attached hydrogens (tertiary/aromatic N) is 1. The highest BCUT2D eigenvalue weighted by Crippen LogP contribution is 2.12. The number of hydrogen-bond donors (Lipinski definition) is 10. The fourth-order valence-electron chi connectivity index (χ4n) is 3.00. The molecule has 5 aromatic heterocycles. The molecular weight excluding hydrogens is 490 g/mol. The Labute approximate surface area is 192 Å². The second-order valence-electron chi connectivity index (χ2n) is 6.90. The molecule has 6 rings (SSSR count). The van der Waals surface area contributed by atoms with E-state index in [1.54, 1.807) is 0 Å². The van der Waals surface area contributed by atoms with Crippen molar-refractivity contribution in [3.63, 3.8) is 0 Å². The lowest BCUT2D eigenvalue weighted by Crippen LogP contribution is -2.24. The minimum Gasteiger partial charge on any atom is -0.846 e. The molecule has 1 aliphatic rings. The third kappa shape index (κ3) is 4.70. The van der Waals surface area contributed by atoms with Gasteiger partial charge in [0.1, 0.15) is 17.0 Å². The van der Waals surface area contributed by atoms with Crippen LogP contribution in [0, 0.1) is 0 Å². The van der Waals surface area contributed by atoms with Gasteiger partial charge in [-0.25, -0.2) is 24.2 Å². The molecule has 1 aliphatic heterocycles. The van der Waals surface area contributed by atoms with Crippen molar-refractivity contribution in [1.29, 1.82) is 0 Å². The van der Waals surface area contributed by atoms with Gasteiger partial charge in [0.2, 0.25) is 5.91 Å². The van der Waals surface area contributed by atoms with E-state index in [2.05, 4.69) is 40.2 Å². The summed E-state index contributed by atoms with van der Waals surface area (Å²) < 4.78 is 0. The lowest BCUT2D eigenvalue weighted by atomic mass is 10.3. The topological polar surface area (TPSA) is 327 Å². The molecule has 0 aromatic carbocycles. The fourth-order valence-corrected chi connectivity index (χ4v) is 3.00. The van der Waals surface area contributed by atoms with Crippen LogP contribution in [0.15, 0.2) is 33.6 Å². The number of hydrogen-bond acceptors (Lipinski definition) is 10. The SMILES string of the molecule is O=C1Cc2c([nH]c(=O)[nH]c2=O)N1.O=c1[nH]c(=O)c2[nH]c(=O)[nH]c2[nH]1.O=c1[nH]c2nc([O-])[nH]c(=O)c2[nH]1.[H+]. The molecule has 0 saturated heterocycles. The normalized spacial score (nSPS) is 11.8. The van der Waals surface area contributed by atoms with Crippen molar-refractivity contribution in [2.24, 2.45) is 0 Å². The Morgan fingerprint density at radius 2 is 1.17 bits per heavy atom. The van der Waals surface area contributed by atoms with Gasteiger partial charge in [-0.2, -0.15) is 0 Å². The maximum absolute atomic E-state index is 11.0. The van der Waals surface area contributed by atoms with Crippen molar-refractivity contribution in [1.82, 2.24) is 49.8 Å². The standard InChI is InChI=1S/C6H5N3O3.2C5H4N4O3/c10-3-1-2-4(7-3)8-6(12)9-5(2)11;2*10-3-1-2(7-4(11)6-1)8-5(12)9-3/h1H2,(H3,7,8,9,10,11,12);2*(H4,6,7,8,9,10,11,12). The summed E-state index contributed by atoms with van der Waals surface area (Å²) in [7, 11) is 0. The Balaban J connectivity index is 0.000000152. The molecule has 20 nitrogen and oxygen atoms in total. The van der Waals surface area contributed by atoms with E-state index in [0.717, 1.165) is 0 Å². The number of amides is 1. The molecule has 0 aliphatic carbocycles. The minimum absolute atomic E-state index is 0. The van der Waals surface area contributed by atoms with Crippen LogP contribution in [-0.2, 0) is 11.2 Å². The third-order valence-corrected chi connectivity index (χ3v) is 4.43. The zero-order valence-electron chi connectivity index (χ0n) is 18.3. The van der Waals surface area contributed by atoms with Gasteiger partial charge in [0, 0.05) is 0 Å². The number of rotatable bonds is 0. The van der Waals surface area contributed by atoms with Crippen LogP contribution in [0.5, 0.6) is 6.01 Å². The number of aromatic amines is 9. The number of nitrogens with one attached hydrogen (secondary N) is 10. The quantitative estimate of drug-likeness (QED) is 0.0957. The molecule has 0 atom stereocenters. The molecule has 1 amide bonds. The van der Waals surface area contributed by atoms with Gasteiger partial charge in [0.15, 0.2) is 11.2 Å². The molecule has 36 heavy (non-hydrogen) atoms. The Hall–Kier alpha value is -5.95. The Kier molecular flexibility index (Phi) is 5.66. The van der Waals surface area contributed by atoms with Crippen molar-refractivity contribution >= 4 is 34.1 Å². The predicted octanol–water partition coefficient (Wildman–Crippen LogP) is -5.08. The van der Waals surface area contributed by atoms with E-state index in [0.29, 0.717) is 5.56 Å². The zero-order chi connectivity index (χ0) is 26.1. The van der Waals surface area contributed by atoms with E-state index in [4.69, 9.17) is 0 Å². The van der Waals surface area contributed by atoms with Crippen LogP contribution in [0.4, 0.5) is 5.82 Å². The first-order chi connectivity index (χ1) is 17.0. The lowest BCUT2D eigenvalue weighted by molar-refractivity contribution is -0.281. The van der Waals surface area contributed by atoms with Gasteiger partial charge in [-0.05, 0) is 0 Å². The van der Waals surface area contributed by atoms with Crippen molar-refractivity contribution in [2.75, 3.05) is 5.32 Å². The van der Waals surface area contributed by atoms with Gasteiger partial charge in [0.05, 0.1) is 18.0 Å². The second kappa shape index (κ2) is 8.77. The summed E-state index contributed by atoms with van der Waals surface area (Å²) in [6, 6.07) is -0.775. The Morgan fingerprint density at radius 1 is 0.611 bits per heavy atom. The number of anilines is 1. The number of aromatic nitrogens is 10. The molecule has 0 fully saturated rings. The van der Waals surface area contributed by atoms with Crippen LogP contribution in [0.3, 0.4) is 0 Å². The van der Waals surface area contributed by atoms with Crippen LogP contribution < -0.4 is 49.9 Å². The van der Waals surface area contributed by atoms with E-state index in [1.807, 2.05) is 15.0 Å². The number of carbonyl (C=O) groups excluding carboxylic acids is 1. The van der Waals surface area contributed by atoms with Gasteiger partial charge in [0.25, 0.3) is 16.7 Å². The highest BCUT2D eigenvalue weighted by atomic mass is 16.3. The summed E-state index contributed by atoms with van der Waals surface area (Å²) in [5, 5.41) is 13.0. The summed E-state index contributed by atoms with van der Waals surface area (Å²) in [6.07, 6.45) is 0.0292. The largest absolute Gasteiger partial charge is 1.00 e. The first kappa shape index (κ1) is 23.2. The van der Waals surface area contributed by atoms with E-state index >= 15 is 0 Å². The number of carbonyl (C=O) groups is 1. The molecule has 186 valence electrons. The monoisotopic (exact) mass is 503 g/mol.